The molecule has 150 valence electrons. The van der Waals surface area contributed by atoms with E-state index in [0.29, 0.717) is 28.3 Å². The van der Waals surface area contributed by atoms with Crippen LogP contribution in [0.2, 0.25) is 0 Å². The number of nitrogens with zero attached hydrogens (tertiary/aromatic N) is 3. The Balaban J connectivity index is 1.98. The Morgan fingerprint density at radius 2 is 2.04 bits per heavy atom. The molecule has 0 bridgehead atoms. The number of Topliss-reactive ketones (excluding diaryl/α,β-unsaturated/α-hetero) is 1. The molecule has 0 radical (unpaired) electrons. The predicted octanol–water partition coefficient (Wildman–Crippen LogP) is 2.10. The third kappa shape index (κ3) is 3.42. The van der Waals surface area contributed by atoms with E-state index in [1.165, 1.54) is 11.8 Å². The van der Waals surface area contributed by atoms with E-state index in [1.807, 2.05) is 0 Å². The summed E-state index contributed by atoms with van der Waals surface area (Å²) in [6.45, 7) is 3.37. The summed E-state index contributed by atoms with van der Waals surface area (Å²) in [5, 5.41) is 4.22. The van der Waals surface area contributed by atoms with E-state index < -0.39 is 21.8 Å². The standard InChI is InChI=1S/C19H23N3O5S/c1-11-19(12(2)21(3)20-11)22(28(5,25)26)18(24)9-13-8-17(23)15-7-6-14(27-4)10-16(13)15/h6-7,10,13H,8-9H2,1-5H3. The van der Waals surface area contributed by atoms with Gasteiger partial charge in [-0.2, -0.15) is 5.10 Å². The van der Waals surface area contributed by atoms with Crippen LogP contribution in [0.4, 0.5) is 5.69 Å². The number of benzene rings is 1. The lowest BCUT2D eigenvalue weighted by molar-refractivity contribution is -0.117. The highest BCUT2D eigenvalue weighted by Crippen LogP contribution is 2.39. The number of carbonyl (C=O) groups is 2. The molecular formula is C19H23N3O5S. The fourth-order valence-electron chi connectivity index (χ4n) is 3.71. The zero-order valence-corrected chi connectivity index (χ0v) is 17.3. The van der Waals surface area contributed by atoms with E-state index in [4.69, 9.17) is 4.74 Å². The third-order valence-corrected chi connectivity index (χ3v) is 6.13. The number of aryl methyl sites for hydroxylation is 2. The molecule has 2 aromatic rings. The van der Waals surface area contributed by atoms with Crippen LogP contribution in [0.1, 0.15) is 46.1 Å². The van der Waals surface area contributed by atoms with E-state index in [9.17, 15) is 18.0 Å². The quantitative estimate of drug-likeness (QED) is 0.755. The average Bonchev–Trinajstić information content (AvgIpc) is 3.04. The molecule has 1 aliphatic rings. The zero-order chi connectivity index (χ0) is 20.8. The first-order valence-corrected chi connectivity index (χ1v) is 10.6. The Bertz CT molecular complexity index is 1070. The second-order valence-corrected chi connectivity index (χ2v) is 8.88. The largest absolute Gasteiger partial charge is 0.497 e. The van der Waals surface area contributed by atoms with Gasteiger partial charge in [-0.15, -0.1) is 0 Å². The van der Waals surface area contributed by atoms with E-state index in [0.717, 1.165) is 10.6 Å². The van der Waals surface area contributed by atoms with Gasteiger partial charge in [0.05, 0.1) is 24.8 Å². The maximum Gasteiger partial charge on any atom is 0.241 e. The lowest BCUT2D eigenvalue weighted by Gasteiger charge is -2.22. The lowest BCUT2D eigenvalue weighted by Crippen LogP contribution is -2.37. The molecule has 1 unspecified atom stereocenters. The van der Waals surface area contributed by atoms with Gasteiger partial charge in [-0.3, -0.25) is 14.3 Å². The van der Waals surface area contributed by atoms with Gasteiger partial charge < -0.3 is 4.74 Å². The van der Waals surface area contributed by atoms with Crippen LogP contribution in [0.5, 0.6) is 5.75 Å². The molecule has 1 amide bonds. The molecule has 1 aromatic heterocycles. The molecule has 0 saturated carbocycles. The van der Waals surface area contributed by atoms with Crippen molar-refractivity contribution in [2.75, 3.05) is 17.7 Å². The van der Waals surface area contributed by atoms with E-state index in [1.54, 1.807) is 39.1 Å². The van der Waals surface area contributed by atoms with Gasteiger partial charge >= 0.3 is 0 Å². The first kappa shape index (κ1) is 20.1. The Labute approximate surface area is 164 Å². The summed E-state index contributed by atoms with van der Waals surface area (Å²) in [5.74, 6) is -0.457. The third-order valence-electron chi connectivity index (χ3n) is 5.08. The second-order valence-electron chi connectivity index (χ2n) is 7.05. The summed E-state index contributed by atoms with van der Waals surface area (Å²) in [4.78, 5) is 25.4. The van der Waals surface area contributed by atoms with E-state index in [2.05, 4.69) is 5.10 Å². The maximum absolute atomic E-state index is 13.1. The van der Waals surface area contributed by atoms with Crippen molar-refractivity contribution in [1.29, 1.82) is 0 Å². The maximum atomic E-state index is 13.1. The number of hydrogen-bond donors (Lipinski definition) is 0. The highest BCUT2D eigenvalue weighted by atomic mass is 32.2. The minimum atomic E-state index is -3.87. The predicted molar refractivity (Wildman–Crippen MR) is 104 cm³/mol. The van der Waals surface area contributed by atoms with Crippen molar-refractivity contribution in [3.63, 3.8) is 0 Å². The van der Waals surface area contributed by atoms with Crippen LogP contribution in [-0.2, 0) is 21.9 Å². The number of fused-ring (bicyclic) bond motifs is 1. The fraction of sp³-hybridized carbons (Fsp3) is 0.421. The Morgan fingerprint density at radius 1 is 1.36 bits per heavy atom. The van der Waals surface area contributed by atoms with Crippen LogP contribution < -0.4 is 9.04 Å². The van der Waals surface area contributed by atoms with Crippen LogP contribution in [0.3, 0.4) is 0 Å². The van der Waals surface area contributed by atoms with Gasteiger partial charge in [0, 0.05) is 31.4 Å². The van der Waals surface area contributed by atoms with Crippen LogP contribution in [-0.4, -0.2) is 43.3 Å². The van der Waals surface area contributed by atoms with Crippen molar-refractivity contribution >= 4 is 27.4 Å². The number of sulfonamides is 1. The number of aromatic nitrogens is 2. The first-order chi connectivity index (χ1) is 13.0. The van der Waals surface area contributed by atoms with Gasteiger partial charge in [0.15, 0.2) is 5.78 Å². The van der Waals surface area contributed by atoms with Crippen LogP contribution in [0, 0.1) is 13.8 Å². The van der Waals surface area contributed by atoms with Gasteiger partial charge in [0.25, 0.3) is 0 Å². The normalized spacial score (nSPS) is 16.2. The van der Waals surface area contributed by atoms with Gasteiger partial charge in [-0.1, -0.05) is 0 Å². The number of ether oxygens (including phenoxy) is 1. The van der Waals surface area contributed by atoms with Crippen molar-refractivity contribution in [1.82, 2.24) is 9.78 Å². The Morgan fingerprint density at radius 3 is 2.57 bits per heavy atom. The van der Waals surface area contributed by atoms with Crippen LogP contribution in [0.15, 0.2) is 18.2 Å². The van der Waals surface area contributed by atoms with Gasteiger partial charge in [0.2, 0.25) is 15.9 Å². The topological polar surface area (TPSA) is 98.6 Å². The highest BCUT2D eigenvalue weighted by Gasteiger charge is 2.36. The minimum Gasteiger partial charge on any atom is -0.497 e. The summed E-state index contributed by atoms with van der Waals surface area (Å²) in [6, 6.07) is 5.13. The van der Waals surface area contributed by atoms with E-state index in [-0.39, 0.29) is 24.3 Å². The number of carbonyl (C=O) groups excluding carboxylic acids is 2. The SMILES string of the molecule is COc1ccc2c(c1)C(CC(=O)N(c1c(C)nn(C)c1C)S(C)(=O)=O)CC2=O. The first-order valence-electron chi connectivity index (χ1n) is 8.79. The number of rotatable bonds is 5. The molecule has 28 heavy (non-hydrogen) atoms. The molecule has 1 atom stereocenters. The zero-order valence-electron chi connectivity index (χ0n) is 16.5. The molecule has 0 saturated heterocycles. The monoisotopic (exact) mass is 405 g/mol. The number of hydrogen-bond acceptors (Lipinski definition) is 6. The molecule has 0 N–H and O–H groups in total. The summed E-state index contributed by atoms with van der Waals surface area (Å²) in [6.07, 6.45) is 1.05. The van der Waals surface area contributed by atoms with Crippen molar-refractivity contribution < 1.29 is 22.7 Å². The number of amides is 1. The van der Waals surface area contributed by atoms with Gasteiger partial charge in [-0.25, -0.2) is 12.7 Å². The minimum absolute atomic E-state index is 0.0601. The molecule has 3 rings (SSSR count). The second kappa shape index (κ2) is 7.05. The van der Waals surface area contributed by atoms with Gasteiger partial charge in [-0.05, 0) is 37.6 Å². The van der Waals surface area contributed by atoms with Gasteiger partial charge in [0.1, 0.15) is 11.4 Å². The van der Waals surface area contributed by atoms with Crippen molar-refractivity contribution in [2.24, 2.45) is 7.05 Å². The molecule has 1 heterocycles. The Hall–Kier alpha value is -2.68. The molecule has 9 heteroatoms. The van der Waals surface area contributed by atoms with Crippen molar-refractivity contribution in [3.05, 3.63) is 40.7 Å². The summed E-state index contributed by atoms with van der Waals surface area (Å²) < 4.78 is 32.5. The van der Waals surface area contributed by atoms with Crippen LogP contribution >= 0.6 is 0 Å². The van der Waals surface area contributed by atoms with Crippen LogP contribution in [0.25, 0.3) is 0 Å². The summed E-state index contributed by atoms with van der Waals surface area (Å²) in [5.41, 5.74) is 2.55. The average molecular weight is 405 g/mol. The smallest absolute Gasteiger partial charge is 0.241 e. The fourth-order valence-corrected chi connectivity index (χ4v) is 4.75. The molecule has 0 spiro atoms. The molecule has 1 aliphatic carbocycles. The van der Waals surface area contributed by atoms with E-state index >= 15 is 0 Å². The van der Waals surface area contributed by atoms with Crippen molar-refractivity contribution in [3.8, 4) is 5.75 Å². The molecule has 0 fully saturated rings. The number of anilines is 1. The summed E-state index contributed by atoms with van der Waals surface area (Å²) >= 11 is 0. The summed E-state index contributed by atoms with van der Waals surface area (Å²) in [7, 11) is -0.658. The van der Waals surface area contributed by atoms with Crippen molar-refractivity contribution in [2.45, 2.75) is 32.6 Å². The molecule has 8 nitrogen and oxygen atoms in total. The molecule has 1 aromatic carbocycles. The number of methoxy groups -OCH3 is 1. The molecule has 0 aliphatic heterocycles. The Kier molecular flexibility index (Phi) is 5.05. The highest BCUT2D eigenvalue weighted by molar-refractivity contribution is 7.92. The number of ketones is 1. The lowest BCUT2D eigenvalue weighted by atomic mass is 9.97. The molecular weight excluding hydrogens is 382 g/mol.